The van der Waals surface area contributed by atoms with Gasteiger partial charge >= 0.3 is 0 Å². The number of nitriles is 1. The summed E-state index contributed by atoms with van der Waals surface area (Å²) in [6.45, 7) is 0. The Bertz CT molecular complexity index is 1060. The van der Waals surface area contributed by atoms with Crippen molar-refractivity contribution in [2.45, 2.75) is 10.9 Å². The van der Waals surface area contributed by atoms with Gasteiger partial charge in [0.25, 0.3) is 0 Å². The van der Waals surface area contributed by atoms with E-state index < -0.39 is 0 Å². The van der Waals surface area contributed by atoms with Crippen LogP contribution in [0.15, 0.2) is 78.1 Å². The van der Waals surface area contributed by atoms with Crippen LogP contribution in [0.25, 0.3) is 16.8 Å². The molecule has 2 aromatic heterocycles. The number of fused-ring (bicyclic) bond motifs is 1. The molecule has 0 bridgehead atoms. The van der Waals surface area contributed by atoms with Crippen molar-refractivity contribution in [2.24, 2.45) is 0 Å². The molecule has 2 aromatic carbocycles. The molecule has 0 aliphatic rings. The Morgan fingerprint density at radius 1 is 0.920 bits per heavy atom. The van der Waals surface area contributed by atoms with Crippen molar-refractivity contribution < 1.29 is 0 Å². The molecule has 0 unspecified atom stereocenters. The molecular weight excluding hydrogens is 328 g/mol. The van der Waals surface area contributed by atoms with Gasteiger partial charge in [-0.25, -0.2) is 0 Å². The lowest BCUT2D eigenvalue weighted by Crippen LogP contribution is -1.88. The average molecular weight is 342 g/mol. The highest BCUT2D eigenvalue weighted by atomic mass is 32.2. The number of benzene rings is 2. The van der Waals surface area contributed by atoms with Crippen LogP contribution in [0.1, 0.15) is 11.1 Å². The van der Waals surface area contributed by atoms with Crippen molar-refractivity contribution in [1.29, 1.82) is 5.26 Å². The Morgan fingerprint density at radius 2 is 1.72 bits per heavy atom. The van der Waals surface area contributed by atoms with Gasteiger partial charge in [-0.3, -0.25) is 4.40 Å². The zero-order valence-electron chi connectivity index (χ0n) is 13.3. The van der Waals surface area contributed by atoms with Crippen LogP contribution < -0.4 is 0 Å². The van der Waals surface area contributed by atoms with E-state index in [0.29, 0.717) is 5.56 Å². The first-order valence-corrected chi connectivity index (χ1v) is 8.85. The highest BCUT2D eigenvalue weighted by Gasteiger charge is 2.07. The van der Waals surface area contributed by atoms with E-state index in [0.717, 1.165) is 27.7 Å². The van der Waals surface area contributed by atoms with E-state index in [2.05, 4.69) is 40.5 Å². The fourth-order valence-corrected chi connectivity index (χ4v) is 3.56. The van der Waals surface area contributed by atoms with Gasteiger partial charge in [-0.05, 0) is 34.9 Å². The molecule has 0 spiro atoms. The SMILES string of the molecule is N#Cc1ccccc1-c1ccc(CSc2nnc3ccccn23)cc1. The molecule has 0 amide bonds. The van der Waals surface area contributed by atoms with Gasteiger partial charge in [0, 0.05) is 11.9 Å². The Labute approximate surface area is 149 Å². The minimum absolute atomic E-state index is 0.694. The summed E-state index contributed by atoms with van der Waals surface area (Å²) in [7, 11) is 0. The molecule has 0 saturated heterocycles. The Morgan fingerprint density at radius 3 is 2.56 bits per heavy atom. The maximum Gasteiger partial charge on any atom is 0.195 e. The topological polar surface area (TPSA) is 54.0 Å². The van der Waals surface area contributed by atoms with Crippen molar-refractivity contribution in [3.05, 3.63) is 84.1 Å². The summed E-state index contributed by atoms with van der Waals surface area (Å²) >= 11 is 1.66. The van der Waals surface area contributed by atoms with Crippen LogP contribution in [0.2, 0.25) is 0 Å². The molecule has 5 heteroatoms. The normalized spacial score (nSPS) is 10.7. The lowest BCUT2D eigenvalue weighted by atomic mass is 10.00. The molecule has 0 saturated carbocycles. The maximum absolute atomic E-state index is 9.24. The largest absolute Gasteiger partial charge is 0.277 e. The molecule has 0 radical (unpaired) electrons. The summed E-state index contributed by atoms with van der Waals surface area (Å²) in [5, 5.41) is 18.5. The van der Waals surface area contributed by atoms with Crippen LogP contribution in [0.4, 0.5) is 0 Å². The molecule has 120 valence electrons. The van der Waals surface area contributed by atoms with Crippen LogP contribution in [0.3, 0.4) is 0 Å². The quantitative estimate of drug-likeness (QED) is 0.510. The van der Waals surface area contributed by atoms with E-state index in [1.165, 1.54) is 5.56 Å². The third-order valence-corrected chi connectivity index (χ3v) is 4.98. The van der Waals surface area contributed by atoms with Crippen LogP contribution in [-0.4, -0.2) is 14.6 Å². The number of rotatable bonds is 4. The zero-order valence-corrected chi connectivity index (χ0v) is 14.1. The Hall–Kier alpha value is -3.10. The molecular formula is C20H14N4S. The highest BCUT2D eigenvalue weighted by Crippen LogP contribution is 2.26. The first kappa shape index (κ1) is 15.4. The van der Waals surface area contributed by atoms with Gasteiger partial charge in [0.2, 0.25) is 0 Å². The van der Waals surface area contributed by atoms with Gasteiger partial charge in [0.05, 0.1) is 11.6 Å². The lowest BCUT2D eigenvalue weighted by Gasteiger charge is -2.06. The molecule has 0 atom stereocenters. The molecule has 0 aliphatic carbocycles. The van der Waals surface area contributed by atoms with Crippen LogP contribution >= 0.6 is 11.8 Å². The third kappa shape index (κ3) is 3.12. The van der Waals surface area contributed by atoms with Gasteiger partial charge < -0.3 is 0 Å². The molecule has 0 aliphatic heterocycles. The van der Waals surface area contributed by atoms with Gasteiger partial charge in [0.15, 0.2) is 10.8 Å². The molecule has 4 nitrogen and oxygen atoms in total. The van der Waals surface area contributed by atoms with E-state index in [4.69, 9.17) is 0 Å². The number of nitrogens with zero attached hydrogens (tertiary/aromatic N) is 4. The van der Waals surface area contributed by atoms with Gasteiger partial charge in [-0.2, -0.15) is 5.26 Å². The van der Waals surface area contributed by atoms with Gasteiger partial charge in [-0.15, -0.1) is 10.2 Å². The molecule has 4 aromatic rings. The summed E-state index contributed by atoms with van der Waals surface area (Å²) in [6.07, 6.45) is 1.97. The molecule has 25 heavy (non-hydrogen) atoms. The van der Waals surface area contributed by atoms with Crippen molar-refractivity contribution in [1.82, 2.24) is 14.6 Å². The smallest absolute Gasteiger partial charge is 0.195 e. The van der Waals surface area contributed by atoms with Crippen LogP contribution in [0, 0.1) is 11.3 Å². The molecule has 0 N–H and O–H groups in total. The van der Waals surface area contributed by atoms with Crippen molar-refractivity contribution in [3.63, 3.8) is 0 Å². The Balaban J connectivity index is 1.52. The average Bonchev–Trinajstić information content (AvgIpc) is 3.10. The van der Waals surface area contributed by atoms with Crippen molar-refractivity contribution in [2.75, 3.05) is 0 Å². The van der Waals surface area contributed by atoms with E-state index in [1.807, 2.05) is 53.1 Å². The van der Waals surface area contributed by atoms with Gasteiger partial charge in [0.1, 0.15) is 0 Å². The van der Waals surface area contributed by atoms with Crippen LogP contribution in [-0.2, 0) is 5.75 Å². The summed E-state index contributed by atoms with van der Waals surface area (Å²) in [6, 6.07) is 24.1. The first-order valence-electron chi connectivity index (χ1n) is 7.86. The highest BCUT2D eigenvalue weighted by molar-refractivity contribution is 7.98. The first-order chi connectivity index (χ1) is 12.3. The minimum Gasteiger partial charge on any atom is -0.277 e. The Kier molecular flexibility index (Phi) is 4.19. The second-order valence-electron chi connectivity index (χ2n) is 5.55. The summed E-state index contributed by atoms with van der Waals surface area (Å²) in [5.74, 6) is 0.815. The molecule has 2 heterocycles. The van der Waals surface area contributed by atoms with Crippen LogP contribution in [0.5, 0.6) is 0 Å². The van der Waals surface area contributed by atoms with E-state index in [1.54, 1.807) is 11.8 Å². The number of pyridine rings is 1. The molecule has 4 rings (SSSR count). The van der Waals surface area contributed by atoms with Crippen molar-refractivity contribution in [3.8, 4) is 17.2 Å². The summed E-state index contributed by atoms with van der Waals surface area (Å²) in [4.78, 5) is 0. The standard InChI is InChI=1S/C20H14N4S/c21-13-17-5-1-2-6-18(17)16-10-8-15(9-11-16)14-25-20-23-22-19-7-3-4-12-24(19)20/h1-12H,14H2. The van der Waals surface area contributed by atoms with Crippen molar-refractivity contribution >= 4 is 17.4 Å². The lowest BCUT2D eigenvalue weighted by molar-refractivity contribution is 0.921. The number of thioether (sulfide) groups is 1. The van der Waals surface area contributed by atoms with E-state index >= 15 is 0 Å². The fraction of sp³-hybridized carbons (Fsp3) is 0.0500. The summed E-state index contributed by atoms with van der Waals surface area (Å²) < 4.78 is 1.99. The minimum atomic E-state index is 0.694. The monoisotopic (exact) mass is 342 g/mol. The van der Waals surface area contributed by atoms with E-state index in [-0.39, 0.29) is 0 Å². The number of aromatic nitrogens is 3. The zero-order chi connectivity index (χ0) is 17.1. The number of hydrogen-bond acceptors (Lipinski definition) is 4. The summed E-state index contributed by atoms with van der Waals surface area (Å²) in [5.41, 5.74) is 4.77. The number of hydrogen-bond donors (Lipinski definition) is 0. The predicted molar refractivity (Wildman–Crippen MR) is 99.1 cm³/mol. The predicted octanol–water partition coefficient (Wildman–Crippen LogP) is 4.56. The third-order valence-electron chi connectivity index (χ3n) is 3.96. The second kappa shape index (κ2) is 6.80. The van der Waals surface area contributed by atoms with E-state index in [9.17, 15) is 5.26 Å². The maximum atomic E-state index is 9.24. The second-order valence-corrected chi connectivity index (χ2v) is 6.50. The van der Waals surface area contributed by atoms with Gasteiger partial charge in [-0.1, -0.05) is 60.3 Å². The fourth-order valence-electron chi connectivity index (χ4n) is 2.68. The molecule has 0 fully saturated rings.